The van der Waals surface area contributed by atoms with Crippen LogP contribution in [-0.4, -0.2) is 30.5 Å². The third-order valence-corrected chi connectivity index (χ3v) is 3.38. The molecule has 0 fully saturated rings. The number of aliphatic hydroxyl groups excluding tert-OH is 1. The Kier molecular flexibility index (Phi) is 7.86. The van der Waals surface area contributed by atoms with E-state index in [0.717, 1.165) is 12.0 Å². The van der Waals surface area contributed by atoms with E-state index in [9.17, 15) is 9.50 Å². The lowest BCUT2D eigenvalue weighted by molar-refractivity contribution is -0.00914. The van der Waals surface area contributed by atoms with Crippen molar-refractivity contribution in [2.45, 2.75) is 52.4 Å². The van der Waals surface area contributed by atoms with Gasteiger partial charge in [-0.25, -0.2) is 4.39 Å². The van der Waals surface area contributed by atoms with Crippen molar-refractivity contribution < 1.29 is 14.2 Å². The molecule has 0 heterocycles. The van der Waals surface area contributed by atoms with Gasteiger partial charge in [0.1, 0.15) is 5.82 Å². The Morgan fingerprint density at radius 2 is 1.95 bits per heavy atom. The van der Waals surface area contributed by atoms with E-state index >= 15 is 0 Å². The molecule has 21 heavy (non-hydrogen) atoms. The maximum Gasteiger partial charge on any atom is 0.123 e. The number of ether oxygens (including phenoxy) is 1. The summed E-state index contributed by atoms with van der Waals surface area (Å²) >= 11 is 0. The maximum absolute atomic E-state index is 13.1. The van der Waals surface area contributed by atoms with Crippen molar-refractivity contribution in [3.05, 3.63) is 35.6 Å². The molecule has 0 radical (unpaired) electrons. The number of nitrogens with one attached hydrogen (secondary N) is 1. The van der Waals surface area contributed by atoms with Gasteiger partial charge in [0.2, 0.25) is 0 Å². The van der Waals surface area contributed by atoms with E-state index in [1.807, 2.05) is 19.9 Å². The third kappa shape index (κ3) is 7.55. The summed E-state index contributed by atoms with van der Waals surface area (Å²) in [4.78, 5) is 0. The van der Waals surface area contributed by atoms with Crippen molar-refractivity contribution in [3.8, 4) is 0 Å². The van der Waals surface area contributed by atoms with Gasteiger partial charge in [-0.1, -0.05) is 26.0 Å². The fraction of sp³-hybridized carbons (Fsp3) is 0.647. The second-order valence-corrected chi connectivity index (χ2v) is 6.11. The molecule has 120 valence electrons. The fourth-order valence-electron chi connectivity index (χ4n) is 2.27. The highest BCUT2D eigenvalue weighted by atomic mass is 19.1. The van der Waals surface area contributed by atoms with Gasteiger partial charge in [0.15, 0.2) is 0 Å². The Bertz CT molecular complexity index is 412. The highest BCUT2D eigenvalue weighted by Crippen LogP contribution is 2.13. The standard InChI is InChI=1S/C17H28FNO2/c1-12(2)8-13(3)21-11-17(20)10-19-14(4)15-6-5-7-16(18)9-15/h5-7,9,12-14,17,19-20H,8,10-11H2,1-4H3. The van der Waals surface area contributed by atoms with Gasteiger partial charge in [-0.2, -0.15) is 0 Å². The van der Waals surface area contributed by atoms with Gasteiger partial charge in [-0.15, -0.1) is 0 Å². The highest BCUT2D eigenvalue weighted by Gasteiger charge is 2.12. The van der Waals surface area contributed by atoms with Gasteiger partial charge in [-0.3, -0.25) is 0 Å². The molecule has 3 atom stereocenters. The molecule has 2 N–H and O–H groups in total. The maximum atomic E-state index is 13.1. The molecule has 0 spiro atoms. The number of hydrogen-bond donors (Lipinski definition) is 2. The van der Waals surface area contributed by atoms with Crippen molar-refractivity contribution in [1.29, 1.82) is 0 Å². The Balaban J connectivity index is 2.27. The lowest BCUT2D eigenvalue weighted by Gasteiger charge is -2.20. The highest BCUT2D eigenvalue weighted by molar-refractivity contribution is 5.19. The summed E-state index contributed by atoms with van der Waals surface area (Å²) in [7, 11) is 0. The molecular formula is C17H28FNO2. The molecule has 1 rings (SSSR count). The zero-order valence-electron chi connectivity index (χ0n) is 13.5. The first kappa shape index (κ1) is 18.1. The molecule has 0 aliphatic heterocycles. The van der Waals surface area contributed by atoms with Gasteiger partial charge in [-0.05, 0) is 43.9 Å². The largest absolute Gasteiger partial charge is 0.389 e. The zero-order valence-corrected chi connectivity index (χ0v) is 13.5. The smallest absolute Gasteiger partial charge is 0.123 e. The van der Waals surface area contributed by atoms with E-state index in [0.29, 0.717) is 19.1 Å². The quantitative estimate of drug-likeness (QED) is 0.735. The van der Waals surface area contributed by atoms with E-state index in [2.05, 4.69) is 19.2 Å². The Hall–Kier alpha value is -0.970. The first-order chi connectivity index (χ1) is 9.88. The molecule has 0 saturated carbocycles. The molecule has 1 aromatic carbocycles. The summed E-state index contributed by atoms with van der Waals surface area (Å²) < 4.78 is 18.8. The molecule has 1 aromatic rings. The van der Waals surface area contributed by atoms with Crippen LogP contribution >= 0.6 is 0 Å². The van der Waals surface area contributed by atoms with Crippen LogP contribution in [-0.2, 0) is 4.74 Å². The number of aliphatic hydroxyl groups is 1. The van der Waals surface area contributed by atoms with Crippen molar-refractivity contribution in [1.82, 2.24) is 5.32 Å². The molecule has 0 amide bonds. The van der Waals surface area contributed by atoms with Gasteiger partial charge in [0.05, 0.1) is 18.8 Å². The molecule has 0 aliphatic carbocycles. The van der Waals surface area contributed by atoms with Crippen molar-refractivity contribution in [3.63, 3.8) is 0 Å². The second kappa shape index (κ2) is 9.13. The Morgan fingerprint density at radius 1 is 1.24 bits per heavy atom. The first-order valence-corrected chi connectivity index (χ1v) is 7.67. The zero-order chi connectivity index (χ0) is 15.8. The van der Waals surface area contributed by atoms with Crippen molar-refractivity contribution in [2.75, 3.05) is 13.2 Å². The lowest BCUT2D eigenvalue weighted by atomic mass is 10.1. The van der Waals surface area contributed by atoms with E-state index in [1.54, 1.807) is 6.07 Å². The average molecular weight is 297 g/mol. The molecule has 3 unspecified atom stereocenters. The molecule has 0 aromatic heterocycles. The molecule has 3 nitrogen and oxygen atoms in total. The van der Waals surface area contributed by atoms with Crippen LogP contribution in [0.2, 0.25) is 0 Å². The van der Waals surface area contributed by atoms with Crippen molar-refractivity contribution >= 4 is 0 Å². The van der Waals surface area contributed by atoms with E-state index in [1.165, 1.54) is 12.1 Å². The summed E-state index contributed by atoms with van der Waals surface area (Å²) in [5.41, 5.74) is 0.872. The van der Waals surface area contributed by atoms with Crippen LogP contribution in [0.4, 0.5) is 4.39 Å². The molecule has 0 bridgehead atoms. The van der Waals surface area contributed by atoms with Gasteiger partial charge in [0.25, 0.3) is 0 Å². The lowest BCUT2D eigenvalue weighted by Crippen LogP contribution is -2.33. The Labute approximate surface area is 127 Å². The van der Waals surface area contributed by atoms with Crippen LogP contribution in [0.15, 0.2) is 24.3 Å². The van der Waals surface area contributed by atoms with Crippen LogP contribution in [0.3, 0.4) is 0 Å². The molecule has 0 aliphatic rings. The van der Waals surface area contributed by atoms with Gasteiger partial charge in [0, 0.05) is 12.6 Å². The molecule has 0 saturated heterocycles. The van der Waals surface area contributed by atoms with Crippen LogP contribution in [0.25, 0.3) is 0 Å². The van der Waals surface area contributed by atoms with E-state index in [-0.39, 0.29) is 18.0 Å². The minimum absolute atomic E-state index is 0.0107. The monoisotopic (exact) mass is 297 g/mol. The normalized spacial score (nSPS) is 16.0. The van der Waals surface area contributed by atoms with Crippen LogP contribution in [0.1, 0.15) is 45.7 Å². The number of hydrogen-bond acceptors (Lipinski definition) is 3. The van der Waals surface area contributed by atoms with E-state index in [4.69, 9.17) is 4.74 Å². The predicted molar refractivity (Wildman–Crippen MR) is 83.7 cm³/mol. The van der Waals surface area contributed by atoms with Crippen LogP contribution < -0.4 is 5.32 Å². The topological polar surface area (TPSA) is 41.5 Å². The predicted octanol–water partition coefficient (Wildman–Crippen LogP) is 3.29. The fourth-order valence-corrected chi connectivity index (χ4v) is 2.27. The minimum Gasteiger partial charge on any atom is -0.389 e. The number of halogens is 1. The number of rotatable bonds is 9. The Morgan fingerprint density at radius 3 is 2.57 bits per heavy atom. The van der Waals surface area contributed by atoms with Gasteiger partial charge < -0.3 is 15.2 Å². The third-order valence-electron chi connectivity index (χ3n) is 3.38. The molecule has 4 heteroatoms. The summed E-state index contributed by atoms with van der Waals surface area (Å²) in [6, 6.07) is 6.48. The minimum atomic E-state index is -0.560. The van der Waals surface area contributed by atoms with E-state index < -0.39 is 6.10 Å². The van der Waals surface area contributed by atoms with Crippen molar-refractivity contribution in [2.24, 2.45) is 5.92 Å². The number of benzene rings is 1. The summed E-state index contributed by atoms with van der Waals surface area (Å²) in [5.74, 6) is 0.343. The second-order valence-electron chi connectivity index (χ2n) is 6.11. The van der Waals surface area contributed by atoms with Crippen LogP contribution in [0.5, 0.6) is 0 Å². The SMILES string of the molecule is CC(C)CC(C)OCC(O)CNC(C)c1cccc(F)c1. The van der Waals surface area contributed by atoms with Gasteiger partial charge >= 0.3 is 0 Å². The molecular weight excluding hydrogens is 269 g/mol. The summed E-state index contributed by atoms with van der Waals surface area (Å²) in [6.45, 7) is 9.01. The van der Waals surface area contributed by atoms with Crippen LogP contribution in [0, 0.1) is 11.7 Å². The average Bonchev–Trinajstić information content (AvgIpc) is 2.41. The summed E-state index contributed by atoms with van der Waals surface area (Å²) in [5, 5.41) is 13.1. The summed E-state index contributed by atoms with van der Waals surface area (Å²) in [6.07, 6.45) is 0.579. The first-order valence-electron chi connectivity index (χ1n) is 7.67.